The van der Waals surface area contributed by atoms with Crippen LogP contribution in [0, 0.1) is 0 Å². The van der Waals surface area contributed by atoms with Gasteiger partial charge in [-0.15, -0.1) is 0 Å². The Morgan fingerprint density at radius 3 is 2.65 bits per heavy atom. The molecule has 9 heteroatoms. The first-order chi connectivity index (χ1) is 9.34. The van der Waals surface area contributed by atoms with E-state index in [0.717, 1.165) is 16.8 Å². The highest BCUT2D eigenvalue weighted by atomic mass is 79.9. The Hall–Kier alpha value is -1.61. The van der Waals surface area contributed by atoms with Gasteiger partial charge in [-0.1, -0.05) is 0 Å². The average Bonchev–Trinajstić information content (AvgIpc) is 2.67. The predicted molar refractivity (Wildman–Crippen MR) is 67.6 cm³/mol. The summed E-state index contributed by atoms with van der Waals surface area (Å²) in [5.41, 5.74) is -0.861. The van der Waals surface area contributed by atoms with Crippen molar-refractivity contribution in [2.75, 3.05) is 7.11 Å². The number of nitrogens with one attached hydrogen (secondary N) is 1. The zero-order valence-electron chi connectivity index (χ0n) is 10.2. The molecule has 1 N–H and O–H groups in total. The molecule has 0 unspecified atom stereocenters. The van der Waals surface area contributed by atoms with E-state index in [1.165, 1.54) is 7.11 Å². The summed E-state index contributed by atoms with van der Waals surface area (Å²) >= 11 is 3.09. The van der Waals surface area contributed by atoms with Crippen molar-refractivity contribution in [2.45, 2.75) is 12.8 Å². The van der Waals surface area contributed by atoms with Crippen LogP contribution in [0.5, 0.6) is 0 Å². The van der Waals surface area contributed by atoms with Gasteiger partial charge >= 0.3 is 6.18 Å². The topological polar surface area (TPSA) is 59.9 Å². The van der Waals surface area contributed by atoms with E-state index in [0.29, 0.717) is 11.9 Å². The molecule has 2 rings (SSSR count). The van der Waals surface area contributed by atoms with Crippen molar-refractivity contribution in [1.29, 1.82) is 0 Å². The van der Waals surface area contributed by atoms with Gasteiger partial charge in [0.05, 0.1) is 17.9 Å². The van der Waals surface area contributed by atoms with Crippen molar-refractivity contribution in [1.82, 2.24) is 14.8 Å². The molecule has 0 aromatic carbocycles. The number of H-pyrrole nitrogens is 1. The van der Waals surface area contributed by atoms with Crippen LogP contribution in [-0.4, -0.2) is 21.9 Å². The lowest BCUT2D eigenvalue weighted by atomic mass is 10.3. The van der Waals surface area contributed by atoms with Crippen molar-refractivity contribution < 1.29 is 17.9 Å². The van der Waals surface area contributed by atoms with Gasteiger partial charge in [-0.3, -0.25) is 9.89 Å². The van der Waals surface area contributed by atoms with Gasteiger partial charge in [0.25, 0.3) is 5.56 Å². The SMILES string of the molecule is COCc1[nH]n(-c2ccc(C(F)(F)F)cn2)c(=O)c1Br. The Morgan fingerprint density at radius 2 is 2.15 bits per heavy atom. The van der Waals surface area contributed by atoms with Crippen LogP contribution < -0.4 is 5.56 Å². The zero-order chi connectivity index (χ0) is 14.9. The summed E-state index contributed by atoms with van der Waals surface area (Å²) in [7, 11) is 1.46. The van der Waals surface area contributed by atoms with Crippen molar-refractivity contribution in [3.05, 3.63) is 44.4 Å². The molecule has 20 heavy (non-hydrogen) atoms. The maximum absolute atomic E-state index is 12.4. The summed E-state index contributed by atoms with van der Waals surface area (Å²) in [5, 5.41) is 2.71. The van der Waals surface area contributed by atoms with E-state index in [9.17, 15) is 18.0 Å². The zero-order valence-corrected chi connectivity index (χ0v) is 11.7. The van der Waals surface area contributed by atoms with E-state index < -0.39 is 17.3 Å². The second kappa shape index (κ2) is 5.41. The molecule has 0 spiro atoms. The molecule has 5 nitrogen and oxygen atoms in total. The predicted octanol–water partition coefficient (Wildman–Crippen LogP) is 2.49. The summed E-state index contributed by atoms with van der Waals surface area (Å²) in [6, 6.07) is 1.98. The summed E-state index contributed by atoms with van der Waals surface area (Å²) in [6.07, 6.45) is -3.79. The quantitative estimate of drug-likeness (QED) is 0.924. The molecular weight excluding hydrogens is 343 g/mol. The van der Waals surface area contributed by atoms with Crippen LogP contribution in [0.4, 0.5) is 13.2 Å². The first-order valence-corrected chi connectivity index (χ1v) is 6.16. The average molecular weight is 352 g/mol. The highest BCUT2D eigenvalue weighted by molar-refractivity contribution is 9.10. The summed E-state index contributed by atoms with van der Waals surface area (Å²) in [4.78, 5) is 15.6. The summed E-state index contributed by atoms with van der Waals surface area (Å²) < 4.78 is 43.5. The Bertz CT molecular complexity index is 661. The lowest BCUT2D eigenvalue weighted by Gasteiger charge is -2.06. The Morgan fingerprint density at radius 1 is 1.45 bits per heavy atom. The largest absolute Gasteiger partial charge is 0.417 e. The van der Waals surface area contributed by atoms with Crippen molar-refractivity contribution >= 4 is 15.9 Å². The minimum atomic E-state index is -4.46. The maximum atomic E-state index is 12.4. The van der Waals surface area contributed by atoms with E-state index in [4.69, 9.17) is 4.74 Å². The Kier molecular flexibility index (Phi) is 4.00. The molecule has 2 aromatic rings. The van der Waals surface area contributed by atoms with Gasteiger partial charge in [-0.05, 0) is 28.1 Å². The first-order valence-electron chi connectivity index (χ1n) is 5.36. The Labute approximate surface area is 119 Å². The van der Waals surface area contributed by atoms with E-state index in [1.54, 1.807) is 0 Å². The second-order valence-corrected chi connectivity index (χ2v) is 4.67. The highest BCUT2D eigenvalue weighted by Gasteiger charge is 2.30. The fraction of sp³-hybridized carbons (Fsp3) is 0.273. The lowest BCUT2D eigenvalue weighted by Crippen LogP contribution is -2.16. The van der Waals surface area contributed by atoms with Gasteiger partial charge in [0.1, 0.15) is 4.47 Å². The molecular formula is C11H9BrF3N3O2. The highest BCUT2D eigenvalue weighted by Crippen LogP contribution is 2.28. The normalized spacial score (nSPS) is 11.8. The van der Waals surface area contributed by atoms with E-state index in [2.05, 4.69) is 26.0 Å². The van der Waals surface area contributed by atoms with Gasteiger partial charge in [0, 0.05) is 13.3 Å². The molecule has 0 aliphatic heterocycles. The van der Waals surface area contributed by atoms with Crippen LogP contribution in [0.25, 0.3) is 5.82 Å². The number of rotatable bonds is 3. The molecule has 0 saturated carbocycles. The van der Waals surface area contributed by atoms with Gasteiger partial charge < -0.3 is 4.74 Å². The second-order valence-electron chi connectivity index (χ2n) is 3.88. The number of ether oxygens (including phenoxy) is 1. The first kappa shape index (κ1) is 14.8. The fourth-order valence-electron chi connectivity index (χ4n) is 1.55. The summed E-state index contributed by atoms with van der Waals surface area (Å²) in [6.45, 7) is 0.156. The number of alkyl halides is 3. The third-order valence-corrected chi connectivity index (χ3v) is 3.31. The smallest absolute Gasteiger partial charge is 0.378 e. The fourth-order valence-corrected chi connectivity index (χ4v) is 1.93. The minimum absolute atomic E-state index is 0.0612. The third-order valence-electron chi connectivity index (χ3n) is 2.50. The van der Waals surface area contributed by atoms with Crippen LogP contribution in [0.3, 0.4) is 0 Å². The van der Waals surface area contributed by atoms with Crippen LogP contribution in [0.1, 0.15) is 11.3 Å². The van der Waals surface area contributed by atoms with Gasteiger partial charge in [0.15, 0.2) is 5.82 Å². The van der Waals surface area contributed by atoms with Crippen LogP contribution >= 0.6 is 15.9 Å². The monoisotopic (exact) mass is 351 g/mol. The van der Waals surface area contributed by atoms with E-state index in [-0.39, 0.29) is 16.9 Å². The van der Waals surface area contributed by atoms with Crippen LogP contribution in [-0.2, 0) is 17.5 Å². The maximum Gasteiger partial charge on any atom is 0.417 e. The number of hydrogen-bond acceptors (Lipinski definition) is 3. The number of pyridine rings is 1. The van der Waals surface area contributed by atoms with Crippen molar-refractivity contribution in [3.63, 3.8) is 0 Å². The minimum Gasteiger partial charge on any atom is -0.378 e. The van der Waals surface area contributed by atoms with Gasteiger partial charge in [0.2, 0.25) is 0 Å². The molecule has 0 amide bonds. The van der Waals surface area contributed by atoms with Gasteiger partial charge in [-0.2, -0.15) is 13.2 Å². The standard InChI is InChI=1S/C11H9BrF3N3O2/c1-20-5-7-9(12)10(19)18(17-7)8-3-2-6(4-16-8)11(13,14)15/h2-4,17H,5H2,1H3. The number of halogens is 4. The van der Waals surface area contributed by atoms with E-state index in [1.807, 2.05) is 0 Å². The summed E-state index contributed by atoms with van der Waals surface area (Å²) in [5.74, 6) is 0.0612. The molecule has 0 fully saturated rings. The number of aromatic nitrogens is 3. The van der Waals surface area contributed by atoms with Crippen LogP contribution in [0.2, 0.25) is 0 Å². The third kappa shape index (κ3) is 2.78. The molecule has 2 aromatic heterocycles. The molecule has 2 heterocycles. The molecule has 0 saturated heterocycles. The molecule has 0 radical (unpaired) electrons. The Balaban J connectivity index is 2.42. The van der Waals surface area contributed by atoms with Crippen molar-refractivity contribution in [2.24, 2.45) is 0 Å². The molecule has 0 bridgehead atoms. The molecule has 108 valence electrons. The molecule has 0 atom stereocenters. The number of methoxy groups -OCH3 is 1. The lowest BCUT2D eigenvalue weighted by molar-refractivity contribution is -0.137. The van der Waals surface area contributed by atoms with Gasteiger partial charge in [-0.25, -0.2) is 9.67 Å². The molecule has 0 aliphatic rings. The molecule has 0 aliphatic carbocycles. The van der Waals surface area contributed by atoms with Crippen LogP contribution in [0.15, 0.2) is 27.6 Å². The van der Waals surface area contributed by atoms with Crippen molar-refractivity contribution in [3.8, 4) is 5.82 Å². The number of aromatic amines is 1. The number of hydrogen-bond donors (Lipinski definition) is 1. The number of nitrogens with zero attached hydrogens (tertiary/aromatic N) is 2. The van der Waals surface area contributed by atoms with E-state index >= 15 is 0 Å².